The Morgan fingerprint density at radius 3 is 2.61 bits per heavy atom. The van der Waals surface area contributed by atoms with Gasteiger partial charge in [0.15, 0.2) is 0 Å². The van der Waals surface area contributed by atoms with Crippen LogP contribution in [0.2, 0.25) is 0 Å². The van der Waals surface area contributed by atoms with Gasteiger partial charge in [-0.1, -0.05) is 30.3 Å². The van der Waals surface area contributed by atoms with Crippen LogP contribution in [0.3, 0.4) is 0 Å². The number of anilines is 2. The van der Waals surface area contributed by atoms with Crippen molar-refractivity contribution in [3.63, 3.8) is 0 Å². The van der Waals surface area contributed by atoms with Gasteiger partial charge < -0.3 is 15.3 Å². The smallest absolute Gasteiger partial charge is 0.221 e. The summed E-state index contributed by atoms with van der Waals surface area (Å²) in [4.78, 5) is 27.8. The van der Waals surface area contributed by atoms with Gasteiger partial charge in [0.1, 0.15) is 5.78 Å². The van der Waals surface area contributed by atoms with Crippen LogP contribution in [0.1, 0.15) is 31.9 Å². The summed E-state index contributed by atoms with van der Waals surface area (Å²) in [5, 5.41) is 14.4. The first-order valence-corrected chi connectivity index (χ1v) is 10.3. The van der Waals surface area contributed by atoms with Gasteiger partial charge in [0, 0.05) is 26.6 Å². The second-order valence-corrected chi connectivity index (χ2v) is 8.34. The number of hydrogen-bond donors (Lipinski definition) is 2. The lowest BCUT2D eigenvalue weighted by molar-refractivity contribution is -0.116. The lowest BCUT2D eigenvalue weighted by Crippen LogP contribution is -2.39. The number of β-amino-alcohol motifs (C(OH)–C–C–N with tert-alkyl or cyclic N) is 1. The molecule has 0 saturated carbocycles. The van der Waals surface area contributed by atoms with Crippen molar-refractivity contribution in [1.29, 1.82) is 0 Å². The lowest BCUT2D eigenvalue weighted by Gasteiger charge is -2.35. The molecule has 28 heavy (non-hydrogen) atoms. The number of amides is 1. The van der Waals surface area contributed by atoms with Gasteiger partial charge in [0.2, 0.25) is 5.91 Å². The molecule has 1 aliphatic rings. The van der Waals surface area contributed by atoms with E-state index in [0.29, 0.717) is 6.54 Å². The molecule has 0 bridgehead atoms. The molecule has 1 aromatic carbocycles. The molecule has 2 atom stereocenters. The fourth-order valence-corrected chi connectivity index (χ4v) is 4.59. The van der Waals surface area contributed by atoms with E-state index in [0.717, 1.165) is 35.1 Å². The van der Waals surface area contributed by atoms with Crippen molar-refractivity contribution in [2.45, 2.75) is 32.4 Å². The van der Waals surface area contributed by atoms with E-state index >= 15 is 0 Å². The van der Waals surface area contributed by atoms with Crippen LogP contribution in [0, 0.1) is 0 Å². The number of aliphatic hydroxyl groups is 1. The number of likely N-dealkylation sites (tertiary alicyclic amines) is 1. The summed E-state index contributed by atoms with van der Waals surface area (Å²) in [5.74, 6) is -0.0333. The predicted molar refractivity (Wildman–Crippen MR) is 113 cm³/mol. The number of aliphatic hydroxyl groups excluding tert-OH is 1. The minimum atomic E-state index is -0.286. The number of rotatable bonds is 8. The second-order valence-electron chi connectivity index (χ2n) is 7.28. The third kappa shape index (κ3) is 5.41. The molecule has 0 spiro atoms. The third-order valence-corrected chi connectivity index (χ3v) is 5.84. The van der Waals surface area contributed by atoms with E-state index in [1.54, 1.807) is 6.92 Å². The highest BCUT2D eigenvalue weighted by Gasteiger charge is 2.29. The van der Waals surface area contributed by atoms with Crippen molar-refractivity contribution < 1.29 is 14.7 Å². The highest BCUT2D eigenvalue weighted by atomic mass is 32.1. The summed E-state index contributed by atoms with van der Waals surface area (Å²) in [7, 11) is 0. The number of carbonyl (C=O) groups is 2. The van der Waals surface area contributed by atoms with E-state index in [1.807, 2.05) is 30.3 Å². The Kier molecular flexibility index (Phi) is 6.83. The van der Waals surface area contributed by atoms with E-state index in [4.69, 9.17) is 0 Å². The van der Waals surface area contributed by atoms with Crippen LogP contribution in [0.25, 0.3) is 0 Å². The summed E-state index contributed by atoms with van der Waals surface area (Å²) in [6.45, 7) is 5.59. The number of nitrogens with zero attached hydrogens (tertiary/aromatic N) is 2. The molecule has 1 aromatic heterocycles. The lowest BCUT2D eigenvalue weighted by atomic mass is 10.0. The zero-order valence-corrected chi connectivity index (χ0v) is 17.1. The molecule has 2 aromatic rings. The maximum Gasteiger partial charge on any atom is 0.221 e. The zero-order chi connectivity index (χ0) is 20.1. The van der Waals surface area contributed by atoms with E-state index in [-0.39, 0.29) is 30.4 Å². The fraction of sp³-hybridized carbons (Fsp3) is 0.429. The highest BCUT2D eigenvalue weighted by molar-refractivity contribution is 7.20. The van der Waals surface area contributed by atoms with E-state index in [2.05, 4.69) is 27.2 Å². The summed E-state index contributed by atoms with van der Waals surface area (Å²) >= 11 is 1.47. The number of carbonyl (C=O) groups excluding carboxylic acids is 2. The molecule has 1 amide bonds. The average Bonchev–Trinajstić information content (AvgIpc) is 3.27. The molecule has 2 unspecified atom stereocenters. The van der Waals surface area contributed by atoms with E-state index < -0.39 is 0 Å². The Bertz CT molecular complexity index is 808. The number of Topliss-reactive ketones (excluding diaryl/α,β-unsaturated/α-hetero) is 1. The number of thiophene rings is 1. The van der Waals surface area contributed by atoms with Gasteiger partial charge in [-0.25, -0.2) is 0 Å². The first-order chi connectivity index (χ1) is 13.4. The van der Waals surface area contributed by atoms with Gasteiger partial charge in [0.05, 0.1) is 28.7 Å². The van der Waals surface area contributed by atoms with Gasteiger partial charge >= 0.3 is 0 Å². The molecule has 1 fully saturated rings. The molecule has 1 saturated heterocycles. The van der Waals surface area contributed by atoms with E-state index in [1.165, 1.54) is 18.3 Å². The molecule has 150 valence electrons. The number of hydrogen-bond acceptors (Lipinski definition) is 6. The van der Waals surface area contributed by atoms with Crippen molar-refractivity contribution in [2.24, 2.45) is 0 Å². The Labute approximate surface area is 169 Å². The number of nitrogens with one attached hydrogen (secondary N) is 1. The number of ketones is 1. The Morgan fingerprint density at radius 2 is 2.00 bits per heavy atom. The summed E-state index contributed by atoms with van der Waals surface area (Å²) in [6.07, 6.45) is 0.491. The quantitative estimate of drug-likeness (QED) is 0.712. The Balaban J connectivity index is 1.92. The van der Waals surface area contributed by atoms with Crippen LogP contribution in [0.15, 0.2) is 42.5 Å². The first-order valence-electron chi connectivity index (χ1n) is 9.51. The Morgan fingerprint density at radius 1 is 1.25 bits per heavy atom. The summed E-state index contributed by atoms with van der Waals surface area (Å²) in [5.41, 5.74) is 1.12. The van der Waals surface area contributed by atoms with Crippen molar-refractivity contribution in [2.75, 3.05) is 36.4 Å². The second kappa shape index (κ2) is 9.32. The number of benzene rings is 1. The SMILES string of the molecule is CC(=O)CN(c1ccc(NC(C)=O)s1)C(CN1CCC(O)C1)c1ccccc1. The van der Waals surface area contributed by atoms with Crippen LogP contribution in [0.5, 0.6) is 0 Å². The molecule has 7 heteroatoms. The molecular weight excluding hydrogens is 374 g/mol. The van der Waals surface area contributed by atoms with Gasteiger partial charge in [-0.3, -0.25) is 14.5 Å². The molecule has 3 rings (SSSR count). The topological polar surface area (TPSA) is 72.9 Å². The Hall–Kier alpha value is -2.22. The maximum absolute atomic E-state index is 12.1. The predicted octanol–water partition coefficient (Wildman–Crippen LogP) is 2.91. The van der Waals surface area contributed by atoms with Gasteiger partial charge in [-0.05, 0) is 31.0 Å². The minimum absolute atomic E-state index is 0.0285. The standard InChI is InChI=1S/C21H27N3O3S/c1-15(25)12-24(21-9-8-20(28-21)22-16(2)26)19(17-6-4-3-5-7-17)14-23-11-10-18(27)13-23/h3-9,18-19,27H,10-14H2,1-2H3,(H,22,26). The first kappa shape index (κ1) is 20.5. The average molecular weight is 402 g/mol. The van der Waals surface area contributed by atoms with Crippen LogP contribution >= 0.6 is 11.3 Å². The van der Waals surface area contributed by atoms with E-state index in [9.17, 15) is 14.7 Å². The molecule has 0 radical (unpaired) electrons. The zero-order valence-electron chi connectivity index (χ0n) is 16.3. The fourth-order valence-electron chi connectivity index (χ4n) is 3.59. The van der Waals surface area contributed by atoms with Gasteiger partial charge in [-0.2, -0.15) is 0 Å². The van der Waals surface area contributed by atoms with Crippen LogP contribution < -0.4 is 10.2 Å². The van der Waals surface area contributed by atoms with Crippen molar-refractivity contribution in [1.82, 2.24) is 4.90 Å². The van der Waals surface area contributed by atoms with Crippen molar-refractivity contribution >= 4 is 33.0 Å². The maximum atomic E-state index is 12.1. The molecular formula is C21H27N3O3S. The molecule has 1 aliphatic heterocycles. The molecule has 6 nitrogen and oxygen atoms in total. The highest BCUT2D eigenvalue weighted by Crippen LogP contribution is 2.36. The van der Waals surface area contributed by atoms with Crippen molar-refractivity contribution in [3.8, 4) is 0 Å². The van der Waals surface area contributed by atoms with Gasteiger partial charge in [-0.15, -0.1) is 11.3 Å². The summed E-state index contributed by atoms with van der Waals surface area (Å²) < 4.78 is 0. The normalized spacial score (nSPS) is 18.0. The molecule has 2 N–H and O–H groups in total. The van der Waals surface area contributed by atoms with Gasteiger partial charge in [0.25, 0.3) is 0 Å². The van der Waals surface area contributed by atoms with Crippen LogP contribution in [-0.4, -0.2) is 54.0 Å². The molecule has 0 aliphatic carbocycles. The van der Waals surface area contributed by atoms with Crippen LogP contribution in [-0.2, 0) is 9.59 Å². The van der Waals surface area contributed by atoms with Crippen molar-refractivity contribution in [3.05, 3.63) is 48.0 Å². The van der Waals surface area contributed by atoms with Crippen LogP contribution in [0.4, 0.5) is 10.0 Å². The summed E-state index contributed by atoms with van der Waals surface area (Å²) in [6, 6.07) is 13.9. The minimum Gasteiger partial charge on any atom is -0.392 e. The third-order valence-electron chi connectivity index (χ3n) is 4.81. The monoisotopic (exact) mass is 401 g/mol. The molecule has 2 heterocycles. The largest absolute Gasteiger partial charge is 0.392 e.